The van der Waals surface area contributed by atoms with Crippen molar-refractivity contribution in [3.8, 4) is 11.8 Å². The van der Waals surface area contributed by atoms with Gasteiger partial charge in [-0.15, -0.1) is 11.3 Å². The van der Waals surface area contributed by atoms with Crippen LogP contribution in [-0.2, 0) is 10.0 Å². The Bertz CT molecular complexity index is 850. The fourth-order valence-electron chi connectivity index (χ4n) is 3.00. The Balaban J connectivity index is 1.67. The van der Waals surface area contributed by atoms with Crippen LogP contribution in [0.2, 0.25) is 0 Å². The quantitative estimate of drug-likeness (QED) is 0.757. The van der Waals surface area contributed by atoms with Crippen molar-refractivity contribution >= 4 is 21.4 Å². The van der Waals surface area contributed by atoms with Crippen LogP contribution < -0.4 is 4.74 Å². The van der Waals surface area contributed by atoms with E-state index in [2.05, 4.69) is 6.07 Å². The number of piperazine rings is 1. The number of nitrogens with zero attached hydrogens (tertiary/aromatic N) is 3. The highest BCUT2D eigenvalue weighted by molar-refractivity contribution is 7.89. The Morgan fingerprint density at radius 2 is 1.88 bits per heavy atom. The SMILES string of the molecule is CCOc1ccc(S(=O)(=O)N2CCN(C(C#N)c3cccs3)CC2)cc1. The third-order valence-electron chi connectivity index (χ3n) is 4.35. The average molecular weight is 392 g/mol. The molecule has 1 aliphatic rings. The molecule has 3 rings (SSSR count). The van der Waals surface area contributed by atoms with Gasteiger partial charge >= 0.3 is 0 Å². The van der Waals surface area contributed by atoms with Crippen LogP contribution in [-0.4, -0.2) is 50.4 Å². The second-order valence-electron chi connectivity index (χ2n) is 5.89. The summed E-state index contributed by atoms with van der Waals surface area (Å²) in [7, 11) is -3.53. The Labute approximate surface area is 158 Å². The van der Waals surface area contributed by atoms with Crippen molar-refractivity contribution in [2.24, 2.45) is 0 Å². The molecule has 26 heavy (non-hydrogen) atoms. The number of hydrogen-bond acceptors (Lipinski definition) is 6. The van der Waals surface area contributed by atoms with E-state index in [1.165, 1.54) is 4.31 Å². The molecule has 0 aliphatic carbocycles. The number of thiophene rings is 1. The Morgan fingerprint density at radius 1 is 1.19 bits per heavy atom. The molecule has 0 N–H and O–H groups in total. The van der Waals surface area contributed by atoms with E-state index in [9.17, 15) is 13.7 Å². The number of hydrogen-bond donors (Lipinski definition) is 0. The van der Waals surface area contributed by atoms with E-state index in [0.717, 1.165) is 4.88 Å². The van der Waals surface area contributed by atoms with Crippen molar-refractivity contribution in [2.75, 3.05) is 32.8 Å². The first-order chi connectivity index (χ1) is 12.6. The van der Waals surface area contributed by atoms with Crippen LogP contribution >= 0.6 is 11.3 Å². The molecular weight excluding hydrogens is 370 g/mol. The molecule has 6 nitrogen and oxygen atoms in total. The lowest BCUT2D eigenvalue weighted by atomic mass is 10.2. The van der Waals surface area contributed by atoms with E-state index in [1.807, 2.05) is 29.3 Å². The van der Waals surface area contributed by atoms with Crippen molar-refractivity contribution in [1.82, 2.24) is 9.21 Å². The summed E-state index contributed by atoms with van der Waals surface area (Å²) in [6.07, 6.45) is 0. The molecule has 8 heteroatoms. The Hall–Kier alpha value is -1.92. The maximum atomic E-state index is 12.8. The maximum absolute atomic E-state index is 12.8. The predicted octanol–water partition coefficient (Wildman–Crippen LogP) is 2.72. The second kappa shape index (κ2) is 8.18. The summed E-state index contributed by atoms with van der Waals surface area (Å²) in [5.74, 6) is 0.657. The molecule has 1 aromatic heterocycles. The summed E-state index contributed by atoms with van der Waals surface area (Å²) in [5, 5.41) is 11.4. The number of benzene rings is 1. The third kappa shape index (κ3) is 3.91. The minimum absolute atomic E-state index is 0.268. The number of ether oxygens (including phenoxy) is 1. The molecule has 2 heterocycles. The summed E-state index contributed by atoms with van der Waals surface area (Å²) < 4.78 is 32.5. The van der Waals surface area contributed by atoms with E-state index in [4.69, 9.17) is 4.74 Å². The number of sulfonamides is 1. The maximum Gasteiger partial charge on any atom is 0.243 e. The molecule has 0 spiro atoms. The van der Waals surface area contributed by atoms with E-state index in [0.29, 0.717) is 38.5 Å². The smallest absolute Gasteiger partial charge is 0.243 e. The molecule has 1 saturated heterocycles. The molecule has 1 atom stereocenters. The summed E-state index contributed by atoms with van der Waals surface area (Å²) in [5.41, 5.74) is 0. The van der Waals surface area contributed by atoms with Gasteiger partial charge in [-0.05, 0) is 42.6 Å². The van der Waals surface area contributed by atoms with Crippen LogP contribution in [0.1, 0.15) is 17.8 Å². The van der Waals surface area contributed by atoms with Crippen LogP contribution in [0, 0.1) is 11.3 Å². The van der Waals surface area contributed by atoms with Crippen molar-refractivity contribution in [3.63, 3.8) is 0 Å². The summed E-state index contributed by atoms with van der Waals surface area (Å²) in [6, 6.07) is 12.4. The van der Waals surface area contributed by atoms with Gasteiger partial charge < -0.3 is 4.74 Å². The largest absolute Gasteiger partial charge is 0.494 e. The molecule has 0 amide bonds. The first kappa shape index (κ1) is 18.9. The monoisotopic (exact) mass is 391 g/mol. The molecule has 2 aromatic rings. The molecule has 1 unspecified atom stereocenters. The fourth-order valence-corrected chi connectivity index (χ4v) is 5.22. The second-order valence-corrected chi connectivity index (χ2v) is 8.81. The first-order valence-electron chi connectivity index (χ1n) is 8.46. The van der Waals surface area contributed by atoms with Gasteiger partial charge in [0, 0.05) is 31.1 Å². The number of rotatable bonds is 6. The summed E-state index contributed by atoms with van der Waals surface area (Å²) in [6.45, 7) is 4.24. The highest BCUT2D eigenvalue weighted by Crippen LogP contribution is 2.27. The normalized spacial score (nSPS) is 17.5. The predicted molar refractivity (Wildman–Crippen MR) is 101 cm³/mol. The third-order valence-corrected chi connectivity index (χ3v) is 7.18. The molecule has 1 aliphatic heterocycles. The van der Waals surface area contributed by atoms with Crippen molar-refractivity contribution in [3.05, 3.63) is 46.7 Å². The zero-order chi connectivity index (χ0) is 18.6. The summed E-state index contributed by atoms with van der Waals surface area (Å²) >= 11 is 1.55. The van der Waals surface area contributed by atoms with Gasteiger partial charge in [0.1, 0.15) is 11.8 Å². The van der Waals surface area contributed by atoms with E-state index < -0.39 is 10.0 Å². The lowest BCUT2D eigenvalue weighted by Crippen LogP contribution is -2.49. The lowest BCUT2D eigenvalue weighted by Gasteiger charge is -2.35. The van der Waals surface area contributed by atoms with Crippen molar-refractivity contribution in [2.45, 2.75) is 17.9 Å². The zero-order valence-corrected chi connectivity index (χ0v) is 16.2. The van der Waals surface area contributed by atoms with Crippen LogP contribution in [0.5, 0.6) is 5.75 Å². The van der Waals surface area contributed by atoms with Gasteiger partial charge in [0.05, 0.1) is 17.6 Å². The fraction of sp³-hybridized carbons (Fsp3) is 0.389. The van der Waals surface area contributed by atoms with Crippen LogP contribution in [0.25, 0.3) is 0 Å². The standard InChI is InChI=1S/C18H21N3O3S2/c1-2-24-15-5-7-16(8-6-15)26(22,23)21-11-9-20(10-12-21)17(14-19)18-4-3-13-25-18/h3-8,13,17H,2,9-12H2,1H3. The van der Waals surface area contributed by atoms with E-state index >= 15 is 0 Å². The van der Waals surface area contributed by atoms with Crippen molar-refractivity contribution in [1.29, 1.82) is 5.26 Å². The molecular formula is C18H21N3O3S2. The van der Waals surface area contributed by atoms with Crippen LogP contribution in [0.3, 0.4) is 0 Å². The summed E-state index contributed by atoms with van der Waals surface area (Å²) in [4.78, 5) is 3.30. The topological polar surface area (TPSA) is 73.6 Å². The molecule has 1 aromatic carbocycles. The van der Waals surface area contributed by atoms with Gasteiger partial charge in [-0.2, -0.15) is 9.57 Å². The van der Waals surface area contributed by atoms with E-state index in [-0.39, 0.29) is 10.9 Å². The molecule has 1 fully saturated rings. The highest BCUT2D eigenvalue weighted by atomic mass is 32.2. The van der Waals surface area contributed by atoms with Gasteiger partial charge in [-0.3, -0.25) is 4.90 Å². The number of nitriles is 1. The Morgan fingerprint density at radius 3 is 2.42 bits per heavy atom. The van der Waals surface area contributed by atoms with Crippen LogP contribution in [0.15, 0.2) is 46.7 Å². The average Bonchev–Trinajstić information content (AvgIpc) is 3.18. The van der Waals surface area contributed by atoms with Gasteiger partial charge in [-0.25, -0.2) is 8.42 Å². The lowest BCUT2D eigenvalue weighted by molar-refractivity contribution is 0.164. The van der Waals surface area contributed by atoms with Gasteiger partial charge in [0.25, 0.3) is 0 Å². The van der Waals surface area contributed by atoms with Gasteiger partial charge in [-0.1, -0.05) is 6.07 Å². The molecule has 0 radical (unpaired) electrons. The minimum Gasteiger partial charge on any atom is -0.494 e. The van der Waals surface area contributed by atoms with Crippen LogP contribution in [0.4, 0.5) is 0 Å². The molecule has 138 valence electrons. The molecule has 0 bridgehead atoms. The first-order valence-corrected chi connectivity index (χ1v) is 10.8. The minimum atomic E-state index is -3.53. The van der Waals surface area contributed by atoms with Gasteiger partial charge in [0.2, 0.25) is 10.0 Å². The highest BCUT2D eigenvalue weighted by Gasteiger charge is 2.31. The van der Waals surface area contributed by atoms with Crippen molar-refractivity contribution < 1.29 is 13.2 Å². The Kier molecular flexibility index (Phi) is 5.94. The van der Waals surface area contributed by atoms with Gasteiger partial charge in [0.15, 0.2) is 0 Å². The van der Waals surface area contributed by atoms with E-state index in [1.54, 1.807) is 35.6 Å². The zero-order valence-electron chi connectivity index (χ0n) is 14.5. The molecule has 0 saturated carbocycles.